The Bertz CT molecular complexity index is 1890. The van der Waals surface area contributed by atoms with Gasteiger partial charge in [0.2, 0.25) is 10.0 Å². The molecule has 1 atom stereocenters. The summed E-state index contributed by atoms with van der Waals surface area (Å²) in [6.07, 6.45) is 2.05. The number of Topliss-reactive ketones (excluding diaryl/α,β-unsaturated/α-hetero) is 1. The zero-order valence-electron chi connectivity index (χ0n) is 27.1. The van der Waals surface area contributed by atoms with Gasteiger partial charge in [-0.05, 0) is 79.5 Å². The molecule has 1 unspecified atom stereocenters. The van der Waals surface area contributed by atoms with Crippen molar-refractivity contribution in [3.63, 3.8) is 0 Å². The molecule has 1 aliphatic heterocycles. The lowest BCUT2D eigenvalue weighted by atomic mass is 9.69. The van der Waals surface area contributed by atoms with E-state index in [0.29, 0.717) is 30.5 Å². The van der Waals surface area contributed by atoms with E-state index in [4.69, 9.17) is 0 Å². The minimum Gasteiger partial charge on any atom is -0.506 e. The Morgan fingerprint density at radius 3 is 2.28 bits per heavy atom. The summed E-state index contributed by atoms with van der Waals surface area (Å²) in [4.78, 5) is 14.9. The van der Waals surface area contributed by atoms with Crippen LogP contribution in [0.4, 0.5) is 11.4 Å². The van der Waals surface area contributed by atoms with E-state index >= 15 is 0 Å². The molecular weight excluding hydrogens is 625 g/mol. The summed E-state index contributed by atoms with van der Waals surface area (Å²) in [5.74, 6) is -0.953. The minimum absolute atomic E-state index is 0.0453. The van der Waals surface area contributed by atoms with E-state index in [2.05, 4.69) is 52.7 Å². The fourth-order valence-corrected chi connectivity index (χ4v) is 7.97. The number of aliphatic hydroxyl groups is 1. The van der Waals surface area contributed by atoms with Crippen LogP contribution in [0.5, 0.6) is 0 Å². The van der Waals surface area contributed by atoms with Crippen LogP contribution in [0.2, 0.25) is 0 Å². The largest absolute Gasteiger partial charge is 0.506 e. The number of carbonyl (C=O) groups excluding carboxylic acids is 1. The van der Waals surface area contributed by atoms with Crippen molar-refractivity contribution in [3.05, 3.63) is 93.6 Å². The SMILES string of the molecule is Cc1cc(C)c(CNC2(CCC(C)(C)C)C(=O)C(C3=NS(O)(O)c4cc(NS(C)(=O)=O)ccc4N3)=C(O)c3ccccc32)c(C)c1. The van der Waals surface area contributed by atoms with Gasteiger partial charge in [-0.25, -0.2) is 8.42 Å². The lowest BCUT2D eigenvalue weighted by Gasteiger charge is -2.42. The molecule has 6 N–H and O–H groups in total. The predicted octanol–water partition coefficient (Wildman–Crippen LogP) is 7.20. The van der Waals surface area contributed by atoms with Crippen LogP contribution in [0.15, 0.2) is 69.5 Å². The molecule has 0 radical (unpaired) electrons. The Morgan fingerprint density at radius 1 is 1.00 bits per heavy atom. The number of nitrogens with zero attached hydrogens (tertiary/aromatic N) is 1. The molecule has 0 aromatic heterocycles. The molecule has 0 amide bonds. The van der Waals surface area contributed by atoms with Crippen molar-refractivity contribution in [2.45, 2.75) is 71.4 Å². The van der Waals surface area contributed by atoms with Crippen LogP contribution in [0, 0.1) is 26.2 Å². The van der Waals surface area contributed by atoms with Crippen LogP contribution < -0.4 is 15.4 Å². The predicted molar refractivity (Wildman–Crippen MR) is 186 cm³/mol. The van der Waals surface area contributed by atoms with Gasteiger partial charge < -0.3 is 10.4 Å². The van der Waals surface area contributed by atoms with E-state index in [0.717, 1.165) is 28.5 Å². The number of sulfonamides is 1. The number of hydrogen-bond acceptors (Lipinski definition) is 9. The maximum absolute atomic E-state index is 15.0. The second kappa shape index (κ2) is 11.8. The van der Waals surface area contributed by atoms with Gasteiger partial charge in [0.1, 0.15) is 21.8 Å². The summed E-state index contributed by atoms with van der Waals surface area (Å²) in [7, 11) is -7.54. The standard InChI is InChI=1S/C34H42N4O6S2/c1-20-16-21(2)25(22(3)17-20)19-35-34(15-14-33(4,5)6)26-11-9-8-10-24(26)30(39)29(31(34)40)32-36-27-13-12-23(37-45(7,41)42)18-28(27)46(43,44)38-32/h8-13,16-18,35,37,39,43-44H,14-15,19H2,1-7H3,(H,36,38). The number of rotatable bonds is 8. The molecule has 0 saturated heterocycles. The Morgan fingerprint density at radius 2 is 1.65 bits per heavy atom. The normalized spacial score (nSPS) is 19.9. The third-order valence-corrected chi connectivity index (χ3v) is 10.4. The average molecular weight is 667 g/mol. The van der Waals surface area contributed by atoms with Crippen molar-refractivity contribution in [3.8, 4) is 0 Å². The van der Waals surface area contributed by atoms with Crippen molar-refractivity contribution in [1.29, 1.82) is 0 Å². The summed E-state index contributed by atoms with van der Waals surface area (Å²) in [6.45, 7) is 12.8. The summed E-state index contributed by atoms with van der Waals surface area (Å²) >= 11 is 0. The van der Waals surface area contributed by atoms with Crippen LogP contribution in [-0.2, 0) is 26.9 Å². The number of amidine groups is 1. The topological polar surface area (TPSA) is 160 Å². The Labute approximate surface area is 272 Å². The molecule has 0 spiro atoms. The molecule has 3 aromatic rings. The molecule has 0 bridgehead atoms. The number of hydrogen-bond donors (Lipinski definition) is 6. The van der Waals surface area contributed by atoms with Crippen molar-refractivity contribution >= 4 is 49.6 Å². The number of aryl methyl sites for hydroxylation is 3. The number of benzene rings is 3. The molecule has 1 aliphatic carbocycles. The molecule has 1 heterocycles. The average Bonchev–Trinajstić information content (AvgIpc) is 2.92. The van der Waals surface area contributed by atoms with Gasteiger partial charge >= 0.3 is 0 Å². The van der Waals surface area contributed by atoms with Crippen LogP contribution in [0.3, 0.4) is 0 Å². The van der Waals surface area contributed by atoms with Gasteiger partial charge in [0.25, 0.3) is 0 Å². The van der Waals surface area contributed by atoms with Gasteiger partial charge in [-0.3, -0.25) is 23.9 Å². The summed E-state index contributed by atoms with van der Waals surface area (Å²) in [5, 5.41) is 18.3. The van der Waals surface area contributed by atoms with Crippen molar-refractivity contribution in [2.24, 2.45) is 9.81 Å². The van der Waals surface area contributed by atoms with Gasteiger partial charge in [-0.1, -0.05) is 73.5 Å². The third-order valence-electron chi connectivity index (χ3n) is 8.44. The highest BCUT2D eigenvalue weighted by molar-refractivity contribution is 8.23. The molecule has 5 rings (SSSR count). The number of fused-ring (bicyclic) bond motifs is 2. The van der Waals surface area contributed by atoms with E-state index in [1.165, 1.54) is 18.2 Å². The van der Waals surface area contributed by atoms with Crippen molar-refractivity contribution in [1.82, 2.24) is 5.32 Å². The molecule has 46 heavy (non-hydrogen) atoms. The third kappa shape index (κ3) is 6.58. The van der Waals surface area contributed by atoms with E-state index in [1.807, 2.05) is 32.9 Å². The quantitative estimate of drug-likeness (QED) is 0.147. The first kappa shape index (κ1) is 33.7. The number of carbonyl (C=O) groups is 1. The maximum Gasteiger partial charge on any atom is 0.229 e. The summed E-state index contributed by atoms with van der Waals surface area (Å²) in [6, 6.07) is 15.6. The van der Waals surface area contributed by atoms with Crippen LogP contribution in [-0.4, -0.2) is 40.5 Å². The van der Waals surface area contributed by atoms with Crippen LogP contribution in [0.1, 0.15) is 67.0 Å². The summed E-state index contributed by atoms with van der Waals surface area (Å²) < 4.78 is 52.5. The Kier molecular flexibility index (Phi) is 8.67. The van der Waals surface area contributed by atoms with E-state index < -0.39 is 32.1 Å². The molecular formula is C34H42N4O6S2. The number of aliphatic hydroxyl groups excluding tert-OH is 1. The molecule has 12 heteroatoms. The van der Waals surface area contributed by atoms with E-state index in [-0.39, 0.29) is 38.9 Å². The highest BCUT2D eigenvalue weighted by Crippen LogP contribution is 2.57. The molecule has 10 nitrogen and oxygen atoms in total. The van der Waals surface area contributed by atoms with E-state index in [1.54, 1.807) is 12.1 Å². The first-order valence-electron chi connectivity index (χ1n) is 15.0. The fraction of sp³-hybridized carbons (Fsp3) is 0.353. The fourth-order valence-electron chi connectivity index (χ4n) is 6.23. The van der Waals surface area contributed by atoms with Crippen LogP contribution in [0.25, 0.3) is 5.76 Å². The van der Waals surface area contributed by atoms with Gasteiger partial charge in [-0.2, -0.15) is 0 Å². The molecule has 246 valence electrons. The smallest absolute Gasteiger partial charge is 0.229 e. The lowest BCUT2D eigenvalue weighted by molar-refractivity contribution is -0.122. The monoisotopic (exact) mass is 666 g/mol. The molecule has 2 aliphatic rings. The minimum atomic E-state index is -3.91. The zero-order valence-corrected chi connectivity index (χ0v) is 28.8. The number of ketones is 1. The van der Waals surface area contributed by atoms with Crippen molar-refractivity contribution in [2.75, 3.05) is 16.3 Å². The highest BCUT2D eigenvalue weighted by atomic mass is 32.3. The Hall–Kier alpha value is -3.68. The lowest BCUT2D eigenvalue weighted by Crippen LogP contribution is -2.54. The first-order chi connectivity index (χ1) is 21.3. The zero-order chi connectivity index (χ0) is 33.8. The second-order valence-corrected chi connectivity index (χ2v) is 16.9. The summed E-state index contributed by atoms with van der Waals surface area (Å²) in [5.41, 5.74) is 4.25. The molecule has 0 fully saturated rings. The molecule has 0 saturated carbocycles. The number of anilines is 2. The van der Waals surface area contributed by atoms with E-state index in [9.17, 15) is 27.4 Å². The second-order valence-electron chi connectivity index (χ2n) is 13.5. The van der Waals surface area contributed by atoms with Gasteiger partial charge in [-0.15, -0.1) is 4.40 Å². The highest BCUT2D eigenvalue weighted by Gasteiger charge is 2.50. The maximum atomic E-state index is 15.0. The molecule has 3 aromatic carbocycles. The van der Waals surface area contributed by atoms with Gasteiger partial charge in [0.15, 0.2) is 11.6 Å². The van der Waals surface area contributed by atoms with Gasteiger partial charge in [0, 0.05) is 12.1 Å². The van der Waals surface area contributed by atoms with Gasteiger partial charge in [0.05, 0.1) is 17.6 Å². The Balaban J connectivity index is 1.65. The number of nitrogens with one attached hydrogen (secondary N) is 3. The first-order valence-corrected chi connectivity index (χ1v) is 18.4. The van der Waals surface area contributed by atoms with Crippen LogP contribution >= 0.6 is 10.8 Å². The van der Waals surface area contributed by atoms with Crippen molar-refractivity contribution < 1.29 is 27.4 Å².